The predicted octanol–water partition coefficient (Wildman–Crippen LogP) is 0.832. The number of nitrogens with two attached hydrogens (primary N) is 1. The van der Waals surface area contributed by atoms with E-state index in [9.17, 15) is 0 Å². The van der Waals surface area contributed by atoms with Gasteiger partial charge in [0, 0.05) is 18.0 Å². The molecule has 56 valence electrons. The van der Waals surface area contributed by atoms with E-state index in [0.29, 0.717) is 0 Å². The van der Waals surface area contributed by atoms with Crippen molar-refractivity contribution in [2.24, 2.45) is 5.84 Å². The summed E-state index contributed by atoms with van der Waals surface area (Å²) >= 11 is 0. The summed E-state index contributed by atoms with van der Waals surface area (Å²) in [6.45, 7) is 0. The number of pyridine rings is 1. The molecule has 0 aliphatic carbocycles. The van der Waals surface area contributed by atoms with Crippen LogP contribution in [0.2, 0.25) is 0 Å². The first-order valence-corrected chi connectivity index (χ1v) is 3.52. The molecule has 1 aromatic rings. The van der Waals surface area contributed by atoms with Gasteiger partial charge in [0.15, 0.2) is 0 Å². The number of hydrazine groups is 1. The second-order valence-electron chi connectivity index (χ2n) is 2.48. The van der Waals surface area contributed by atoms with Gasteiger partial charge in [0.05, 0.1) is 0 Å². The lowest BCUT2D eigenvalue weighted by Crippen LogP contribution is -2.28. The maximum atomic E-state index is 5.63. The Morgan fingerprint density at radius 1 is 1.55 bits per heavy atom. The summed E-state index contributed by atoms with van der Waals surface area (Å²) in [7, 11) is 0. The third-order valence-electron chi connectivity index (χ3n) is 1.72. The predicted molar refractivity (Wildman–Crippen MR) is 43.7 cm³/mol. The summed E-state index contributed by atoms with van der Waals surface area (Å²) in [5, 5.41) is 1.54. The zero-order valence-corrected chi connectivity index (χ0v) is 6.07. The Morgan fingerprint density at radius 3 is 3.27 bits per heavy atom. The second kappa shape index (κ2) is 2.36. The summed E-state index contributed by atoms with van der Waals surface area (Å²) in [5.41, 5.74) is 1.18. The molecule has 1 aliphatic heterocycles. The fraction of sp³-hybridized carbons (Fsp3) is 0.125. The molecule has 0 atom stereocenters. The smallest absolute Gasteiger partial charge is 0.150 e. The minimum atomic E-state index is 0.856. The van der Waals surface area contributed by atoms with Crippen LogP contribution in [-0.4, -0.2) is 4.98 Å². The molecule has 3 heteroatoms. The van der Waals surface area contributed by atoms with Crippen LogP contribution in [-0.2, 0) is 6.42 Å². The zero-order valence-electron chi connectivity index (χ0n) is 6.07. The van der Waals surface area contributed by atoms with Crippen LogP contribution >= 0.6 is 0 Å². The van der Waals surface area contributed by atoms with Gasteiger partial charge in [-0.3, -0.25) is 5.01 Å². The standard InChI is InChI=1S/C8H9N3/c9-11-6-2-4-7-3-1-5-10-8(7)11/h1-3,5-6H,4,9H2. The van der Waals surface area contributed by atoms with Gasteiger partial charge in [0.2, 0.25) is 0 Å². The van der Waals surface area contributed by atoms with Gasteiger partial charge in [-0.2, -0.15) is 0 Å². The van der Waals surface area contributed by atoms with E-state index in [2.05, 4.69) is 4.98 Å². The van der Waals surface area contributed by atoms with Crippen LogP contribution in [0.4, 0.5) is 5.82 Å². The van der Waals surface area contributed by atoms with E-state index in [0.717, 1.165) is 12.2 Å². The largest absolute Gasteiger partial charge is 0.270 e. The van der Waals surface area contributed by atoms with Crippen molar-refractivity contribution >= 4 is 5.82 Å². The zero-order chi connectivity index (χ0) is 7.68. The molecule has 0 fully saturated rings. The third kappa shape index (κ3) is 0.991. The first-order chi connectivity index (χ1) is 5.38. The van der Waals surface area contributed by atoms with Gasteiger partial charge < -0.3 is 0 Å². The maximum absolute atomic E-state index is 5.63. The molecule has 0 saturated heterocycles. The van der Waals surface area contributed by atoms with Crippen molar-refractivity contribution in [3.63, 3.8) is 0 Å². The monoisotopic (exact) mass is 147 g/mol. The average Bonchev–Trinajstić information content (AvgIpc) is 2.06. The third-order valence-corrected chi connectivity index (χ3v) is 1.72. The molecule has 0 amide bonds. The molecule has 2 rings (SSSR count). The second-order valence-corrected chi connectivity index (χ2v) is 2.48. The molecular formula is C8H9N3. The molecule has 0 bridgehead atoms. The lowest BCUT2D eigenvalue weighted by molar-refractivity contribution is 0.968. The Kier molecular flexibility index (Phi) is 1.36. The molecule has 0 saturated carbocycles. The summed E-state index contributed by atoms with van der Waals surface area (Å²) in [4.78, 5) is 4.15. The van der Waals surface area contributed by atoms with Crippen LogP contribution < -0.4 is 10.9 Å². The van der Waals surface area contributed by atoms with Crippen molar-refractivity contribution < 1.29 is 0 Å². The molecule has 2 heterocycles. The van der Waals surface area contributed by atoms with E-state index < -0.39 is 0 Å². The fourth-order valence-electron chi connectivity index (χ4n) is 1.19. The molecule has 0 spiro atoms. The number of nitrogens with zero attached hydrogens (tertiary/aromatic N) is 2. The number of fused-ring (bicyclic) bond motifs is 1. The number of rotatable bonds is 0. The number of hydrogen-bond donors (Lipinski definition) is 1. The highest BCUT2D eigenvalue weighted by molar-refractivity contribution is 5.51. The van der Waals surface area contributed by atoms with Crippen LogP contribution in [0.3, 0.4) is 0 Å². The molecule has 3 nitrogen and oxygen atoms in total. The minimum Gasteiger partial charge on any atom is -0.270 e. The number of allylic oxidation sites excluding steroid dienone is 1. The van der Waals surface area contributed by atoms with Crippen molar-refractivity contribution in [2.75, 3.05) is 5.01 Å². The number of aromatic nitrogens is 1. The van der Waals surface area contributed by atoms with E-state index in [1.165, 1.54) is 5.56 Å². The highest BCUT2D eigenvalue weighted by Gasteiger charge is 2.08. The van der Waals surface area contributed by atoms with Gasteiger partial charge >= 0.3 is 0 Å². The summed E-state index contributed by atoms with van der Waals surface area (Å²) in [6, 6.07) is 3.96. The van der Waals surface area contributed by atoms with Gasteiger partial charge in [-0.25, -0.2) is 10.8 Å². The molecule has 2 N–H and O–H groups in total. The molecule has 0 unspecified atom stereocenters. The highest BCUT2D eigenvalue weighted by Crippen LogP contribution is 2.19. The van der Waals surface area contributed by atoms with Crippen LogP contribution in [0, 0.1) is 0 Å². The normalized spacial score (nSPS) is 14.8. The lowest BCUT2D eigenvalue weighted by Gasteiger charge is -2.19. The lowest BCUT2D eigenvalue weighted by atomic mass is 10.1. The topological polar surface area (TPSA) is 42.1 Å². The van der Waals surface area contributed by atoms with Crippen LogP contribution in [0.5, 0.6) is 0 Å². The van der Waals surface area contributed by atoms with Gasteiger partial charge in [-0.1, -0.05) is 12.1 Å². The van der Waals surface area contributed by atoms with E-state index in [-0.39, 0.29) is 0 Å². The van der Waals surface area contributed by atoms with Crippen LogP contribution in [0.25, 0.3) is 0 Å². The van der Waals surface area contributed by atoms with E-state index >= 15 is 0 Å². The van der Waals surface area contributed by atoms with Crippen LogP contribution in [0.15, 0.2) is 30.6 Å². The Bertz CT molecular complexity index is 293. The molecule has 1 aliphatic rings. The van der Waals surface area contributed by atoms with Crippen molar-refractivity contribution in [1.82, 2.24) is 4.98 Å². The van der Waals surface area contributed by atoms with Crippen molar-refractivity contribution in [2.45, 2.75) is 6.42 Å². The number of hydrogen-bond acceptors (Lipinski definition) is 3. The Balaban J connectivity index is 2.50. The summed E-state index contributed by atoms with van der Waals surface area (Å²) in [6.07, 6.45) is 6.52. The average molecular weight is 147 g/mol. The van der Waals surface area contributed by atoms with Crippen molar-refractivity contribution in [3.05, 3.63) is 36.2 Å². The van der Waals surface area contributed by atoms with Crippen molar-refractivity contribution in [1.29, 1.82) is 0 Å². The molecule has 11 heavy (non-hydrogen) atoms. The molecule has 0 aromatic carbocycles. The fourth-order valence-corrected chi connectivity index (χ4v) is 1.19. The van der Waals surface area contributed by atoms with E-state index in [1.54, 1.807) is 11.2 Å². The summed E-state index contributed by atoms with van der Waals surface area (Å²) < 4.78 is 0. The Hall–Kier alpha value is -1.35. The van der Waals surface area contributed by atoms with Gasteiger partial charge in [0.1, 0.15) is 5.82 Å². The minimum absolute atomic E-state index is 0.856. The first kappa shape index (κ1) is 6.37. The van der Waals surface area contributed by atoms with Gasteiger partial charge in [0.25, 0.3) is 0 Å². The van der Waals surface area contributed by atoms with E-state index in [1.807, 2.05) is 24.4 Å². The van der Waals surface area contributed by atoms with Gasteiger partial charge in [-0.05, 0) is 12.5 Å². The summed E-state index contributed by atoms with van der Waals surface area (Å²) in [5.74, 6) is 6.49. The van der Waals surface area contributed by atoms with Gasteiger partial charge in [-0.15, -0.1) is 0 Å². The maximum Gasteiger partial charge on any atom is 0.150 e. The SMILES string of the molecule is NN1C=CCc2cccnc21. The molecular weight excluding hydrogens is 138 g/mol. The highest BCUT2D eigenvalue weighted by atomic mass is 15.4. The number of anilines is 1. The Morgan fingerprint density at radius 2 is 2.45 bits per heavy atom. The Labute approximate surface area is 65.1 Å². The quantitative estimate of drug-likeness (QED) is 0.553. The van der Waals surface area contributed by atoms with Crippen molar-refractivity contribution in [3.8, 4) is 0 Å². The van der Waals surface area contributed by atoms with Crippen LogP contribution in [0.1, 0.15) is 5.56 Å². The molecule has 1 aromatic heterocycles. The van der Waals surface area contributed by atoms with E-state index in [4.69, 9.17) is 5.84 Å². The first-order valence-electron chi connectivity index (χ1n) is 3.52. The molecule has 0 radical (unpaired) electrons.